The van der Waals surface area contributed by atoms with Gasteiger partial charge in [0.25, 0.3) is 0 Å². The van der Waals surface area contributed by atoms with Crippen molar-refractivity contribution in [2.24, 2.45) is 0 Å². The molecule has 0 saturated carbocycles. The lowest BCUT2D eigenvalue weighted by atomic mass is 10.2. The molecule has 0 aromatic heterocycles. The summed E-state index contributed by atoms with van der Waals surface area (Å²) in [6, 6.07) is 8.00. The Morgan fingerprint density at radius 2 is 0.955 bits per heavy atom. The molecule has 3 rings (SSSR count). The van der Waals surface area contributed by atoms with E-state index in [1.807, 2.05) is 24.3 Å². The van der Waals surface area contributed by atoms with Crippen molar-refractivity contribution in [2.45, 2.75) is 76.0 Å². The molecular weight excluding hydrogens is 310 g/mol. The Morgan fingerprint density at radius 3 is 1.23 bits per heavy atom. The number of hydrogen-bond donors (Lipinski definition) is 0. The smallest absolute Gasteiger partial charge is 0.121 e. The van der Waals surface area contributed by atoms with Crippen molar-refractivity contribution in [1.29, 1.82) is 0 Å². The van der Waals surface area contributed by atoms with E-state index in [-0.39, 0.29) is 22.6 Å². The largest absolute Gasteiger partial charge is 0.318 e. The van der Waals surface area contributed by atoms with Gasteiger partial charge in [-0.25, -0.2) is 0 Å². The lowest BCUT2D eigenvalue weighted by Crippen LogP contribution is -2.32. The first-order valence-corrected chi connectivity index (χ1v) is 12.3. The van der Waals surface area contributed by atoms with Gasteiger partial charge < -0.3 is 9.13 Å². The predicted octanol–water partition coefficient (Wildman–Crippen LogP) is 4.81. The summed E-state index contributed by atoms with van der Waals surface area (Å²) in [6.07, 6.45) is 4.12. The molecule has 2 aliphatic rings. The second-order valence-electron chi connectivity index (χ2n) is 7.46. The molecule has 0 spiro atoms. The monoisotopic (exact) mass is 338 g/mol. The molecule has 22 heavy (non-hydrogen) atoms. The molecule has 0 bridgehead atoms. The van der Waals surface area contributed by atoms with Crippen LogP contribution in [-0.4, -0.2) is 22.6 Å². The zero-order valence-corrected chi connectivity index (χ0v) is 15.9. The first-order chi connectivity index (χ1) is 10.3. The van der Waals surface area contributed by atoms with Crippen molar-refractivity contribution >= 4 is 24.9 Å². The van der Waals surface area contributed by atoms with Crippen molar-refractivity contribution in [2.75, 3.05) is 0 Å². The van der Waals surface area contributed by atoms with Gasteiger partial charge in [0.05, 0.1) is 0 Å². The molecule has 0 aliphatic carbocycles. The van der Waals surface area contributed by atoms with Gasteiger partial charge in [-0.3, -0.25) is 0 Å². The SMILES string of the molecule is CC1CCC(C)P1(=O)c1ccccc1P1(=O)C(C)CCC1C. The Hall–Kier alpha value is -0.320. The standard InChI is InChI=1S/C18H28O2P2/c1-13-9-10-14(2)21(13,19)17-7-5-6-8-18(17)22(20)15(3)11-12-16(22)4/h5-8,13-16H,9-12H2,1-4H3. The third-order valence-corrected chi connectivity index (χ3v) is 15.0. The molecule has 2 fully saturated rings. The van der Waals surface area contributed by atoms with Crippen LogP contribution in [0.4, 0.5) is 0 Å². The maximum absolute atomic E-state index is 13.9. The molecular formula is C18H28O2P2. The van der Waals surface area contributed by atoms with Crippen LogP contribution in [0.5, 0.6) is 0 Å². The van der Waals surface area contributed by atoms with E-state index >= 15 is 0 Å². The highest BCUT2D eigenvalue weighted by Gasteiger charge is 2.49. The van der Waals surface area contributed by atoms with Crippen LogP contribution in [0, 0.1) is 0 Å². The summed E-state index contributed by atoms with van der Waals surface area (Å²) in [5, 5.41) is 1.91. The molecule has 2 nitrogen and oxygen atoms in total. The van der Waals surface area contributed by atoms with Crippen LogP contribution in [0.25, 0.3) is 0 Å². The van der Waals surface area contributed by atoms with E-state index in [1.165, 1.54) is 0 Å². The Balaban J connectivity index is 2.21. The Labute approximate surface area is 134 Å². The molecule has 2 saturated heterocycles. The fraction of sp³-hybridized carbons (Fsp3) is 0.667. The van der Waals surface area contributed by atoms with Crippen LogP contribution in [0.2, 0.25) is 0 Å². The van der Waals surface area contributed by atoms with Gasteiger partial charge in [-0.05, 0) is 25.7 Å². The lowest BCUT2D eigenvalue weighted by Gasteiger charge is -2.30. The van der Waals surface area contributed by atoms with E-state index in [1.54, 1.807) is 0 Å². The van der Waals surface area contributed by atoms with Crippen molar-refractivity contribution in [3.8, 4) is 0 Å². The molecule has 122 valence electrons. The molecule has 0 radical (unpaired) electrons. The van der Waals surface area contributed by atoms with E-state index in [9.17, 15) is 9.13 Å². The van der Waals surface area contributed by atoms with Crippen LogP contribution in [0.3, 0.4) is 0 Å². The molecule has 2 heterocycles. The van der Waals surface area contributed by atoms with Crippen LogP contribution < -0.4 is 10.6 Å². The minimum atomic E-state index is -2.46. The third kappa shape index (κ3) is 2.14. The number of benzene rings is 1. The zero-order valence-electron chi connectivity index (χ0n) is 14.2. The van der Waals surface area contributed by atoms with Gasteiger partial charge >= 0.3 is 0 Å². The van der Waals surface area contributed by atoms with Gasteiger partial charge in [0.1, 0.15) is 14.3 Å². The molecule has 2 aliphatic heterocycles. The summed E-state index contributed by atoms with van der Waals surface area (Å²) in [4.78, 5) is 0. The first kappa shape index (κ1) is 16.5. The summed E-state index contributed by atoms with van der Waals surface area (Å²) in [6.45, 7) is 8.49. The maximum atomic E-state index is 13.9. The third-order valence-electron chi connectivity index (χ3n) is 6.26. The van der Waals surface area contributed by atoms with E-state index < -0.39 is 14.3 Å². The van der Waals surface area contributed by atoms with E-state index in [0.717, 1.165) is 36.3 Å². The normalized spacial score (nSPS) is 45.3. The Morgan fingerprint density at radius 1 is 0.682 bits per heavy atom. The number of rotatable bonds is 2. The van der Waals surface area contributed by atoms with Crippen LogP contribution in [-0.2, 0) is 9.13 Å². The average molecular weight is 338 g/mol. The highest BCUT2D eigenvalue weighted by atomic mass is 31.2. The first-order valence-electron chi connectivity index (χ1n) is 8.61. The van der Waals surface area contributed by atoms with Gasteiger partial charge in [-0.15, -0.1) is 0 Å². The highest BCUT2D eigenvalue weighted by molar-refractivity contribution is 7.79. The predicted molar refractivity (Wildman–Crippen MR) is 97.2 cm³/mol. The quantitative estimate of drug-likeness (QED) is 0.726. The van der Waals surface area contributed by atoms with Gasteiger partial charge in [-0.1, -0.05) is 52.0 Å². The molecule has 1 aromatic carbocycles. The summed E-state index contributed by atoms with van der Waals surface area (Å²) < 4.78 is 27.8. The van der Waals surface area contributed by atoms with Gasteiger partial charge in [-0.2, -0.15) is 0 Å². The summed E-state index contributed by atoms with van der Waals surface area (Å²) in [5.74, 6) is 0. The van der Waals surface area contributed by atoms with E-state index in [4.69, 9.17) is 0 Å². The maximum Gasteiger partial charge on any atom is 0.121 e. The van der Waals surface area contributed by atoms with Crippen molar-refractivity contribution in [3.05, 3.63) is 24.3 Å². The molecule has 4 atom stereocenters. The summed E-state index contributed by atoms with van der Waals surface area (Å²) in [5.41, 5.74) is 0.902. The van der Waals surface area contributed by atoms with E-state index in [0.29, 0.717) is 0 Å². The lowest BCUT2D eigenvalue weighted by molar-refractivity contribution is 0.572. The van der Waals surface area contributed by atoms with Crippen LogP contribution in [0.15, 0.2) is 24.3 Å². The van der Waals surface area contributed by atoms with Gasteiger partial charge in [0, 0.05) is 33.2 Å². The Bertz CT molecular complexity index is 582. The minimum Gasteiger partial charge on any atom is -0.318 e. The molecule has 4 heteroatoms. The highest BCUT2D eigenvalue weighted by Crippen LogP contribution is 2.66. The summed E-state index contributed by atoms with van der Waals surface area (Å²) >= 11 is 0. The van der Waals surface area contributed by atoms with Crippen LogP contribution in [0.1, 0.15) is 53.4 Å². The van der Waals surface area contributed by atoms with Crippen molar-refractivity contribution in [3.63, 3.8) is 0 Å². The van der Waals surface area contributed by atoms with Crippen molar-refractivity contribution < 1.29 is 9.13 Å². The van der Waals surface area contributed by atoms with Gasteiger partial charge in [0.15, 0.2) is 0 Å². The molecule has 4 unspecified atom stereocenters. The van der Waals surface area contributed by atoms with Crippen LogP contribution >= 0.6 is 14.3 Å². The fourth-order valence-corrected chi connectivity index (χ4v) is 12.8. The Kier molecular flexibility index (Phi) is 4.24. The molecule has 0 amide bonds. The zero-order chi connectivity index (χ0) is 16.1. The fourth-order valence-electron chi connectivity index (χ4n) is 4.61. The second kappa shape index (κ2) is 5.64. The average Bonchev–Trinajstić information content (AvgIpc) is 2.94. The van der Waals surface area contributed by atoms with Gasteiger partial charge in [0.2, 0.25) is 0 Å². The molecule has 0 N–H and O–H groups in total. The van der Waals surface area contributed by atoms with Crippen molar-refractivity contribution in [1.82, 2.24) is 0 Å². The topological polar surface area (TPSA) is 34.1 Å². The molecule has 1 aromatic rings. The second-order valence-corrected chi connectivity index (χ2v) is 14.8. The van der Waals surface area contributed by atoms with E-state index in [2.05, 4.69) is 27.7 Å². The summed E-state index contributed by atoms with van der Waals surface area (Å²) in [7, 11) is -4.92. The minimum absolute atomic E-state index is 0.225. The number of hydrogen-bond acceptors (Lipinski definition) is 2.